The highest BCUT2D eigenvalue weighted by molar-refractivity contribution is 5.78. The van der Waals surface area contributed by atoms with E-state index in [1.165, 1.54) is 0 Å². The molecule has 92 valence electrons. The molecule has 6 heteroatoms. The number of carbonyl (C=O) groups excluding carboxylic acids is 1. The summed E-state index contributed by atoms with van der Waals surface area (Å²) in [6.07, 6.45) is -2.55. The summed E-state index contributed by atoms with van der Waals surface area (Å²) in [5, 5.41) is 21.9. The third-order valence-electron chi connectivity index (χ3n) is 2.92. The summed E-state index contributed by atoms with van der Waals surface area (Å²) in [5.74, 6) is -0.992. The van der Waals surface area contributed by atoms with E-state index in [4.69, 9.17) is 9.47 Å². The van der Waals surface area contributed by atoms with Crippen LogP contribution >= 0.6 is 0 Å². The molecule has 2 aliphatic heterocycles. The largest absolute Gasteiger partial charge is 0.390 e. The van der Waals surface area contributed by atoms with E-state index in [2.05, 4.69) is 5.32 Å². The van der Waals surface area contributed by atoms with Crippen LogP contribution in [-0.4, -0.2) is 52.9 Å². The number of amides is 1. The first-order chi connectivity index (χ1) is 7.39. The van der Waals surface area contributed by atoms with Gasteiger partial charge in [0, 0.05) is 0 Å². The molecule has 0 bridgehead atoms. The number of nitrogens with one attached hydrogen (secondary N) is 1. The van der Waals surface area contributed by atoms with E-state index < -0.39 is 30.1 Å². The number of carbonyl (C=O) groups is 1. The van der Waals surface area contributed by atoms with Crippen molar-refractivity contribution in [2.45, 2.75) is 50.4 Å². The van der Waals surface area contributed by atoms with Gasteiger partial charge in [0.15, 0.2) is 5.79 Å². The van der Waals surface area contributed by atoms with Crippen LogP contribution in [0.4, 0.5) is 0 Å². The number of rotatable bonds is 1. The minimum absolute atomic E-state index is 0.0748. The second-order valence-corrected chi connectivity index (χ2v) is 4.72. The zero-order valence-electron chi connectivity index (χ0n) is 9.34. The van der Waals surface area contributed by atoms with Gasteiger partial charge in [0.05, 0.1) is 25.2 Å². The molecule has 3 N–H and O–H groups in total. The van der Waals surface area contributed by atoms with Gasteiger partial charge in [-0.2, -0.15) is 0 Å². The highest BCUT2D eigenvalue weighted by atomic mass is 16.7. The Kier molecular flexibility index (Phi) is 2.91. The molecule has 0 unspecified atom stereocenters. The molecular formula is C10H17NO5. The Morgan fingerprint density at radius 2 is 2.12 bits per heavy atom. The van der Waals surface area contributed by atoms with Crippen molar-refractivity contribution in [1.29, 1.82) is 0 Å². The average molecular weight is 231 g/mol. The SMILES string of the molecule is CC1(C)OC[C@H]([C@@H]2NC(=O)C[C@@H](O)[C@@H]2O)O1. The molecule has 0 aliphatic carbocycles. The van der Waals surface area contributed by atoms with Gasteiger partial charge in [0.1, 0.15) is 12.2 Å². The van der Waals surface area contributed by atoms with E-state index >= 15 is 0 Å². The van der Waals surface area contributed by atoms with Crippen LogP contribution in [0.3, 0.4) is 0 Å². The predicted molar refractivity (Wildman–Crippen MR) is 53.5 cm³/mol. The van der Waals surface area contributed by atoms with Gasteiger partial charge in [-0.05, 0) is 13.8 Å². The minimum atomic E-state index is -1.04. The van der Waals surface area contributed by atoms with E-state index in [1.807, 2.05) is 0 Å². The molecule has 2 saturated heterocycles. The van der Waals surface area contributed by atoms with Crippen LogP contribution in [0.1, 0.15) is 20.3 Å². The quantitative estimate of drug-likeness (QED) is 0.524. The third kappa shape index (κ3) is 2.20. The van der Waals surface area contributed by atoms with E-state index in [-0.39, 0.29) is 12.3 Å². The zero-order chi connectivity index (χ0) is 11.9. The van der Waals surface area contributed by atoms with Crippen molar-refractivity contribution >= 4 is 5.91 Å². The number of aliphatic hydroxyl groups excluding tert-OH is 2. The third-order valence-corrected chi connectivity index (χ3v) is 2.92. The maximum absolute atomic E-state index is 11.3. The smallest absolute Gasteiger partial charge is 0.223 e. The van der Waals surface area contributed by atoms with Gasteiger partial charge in [-0.3, -0.25) is 4.79 Å². The van der Waals surface area contributed by atoms with Gasteiger partial charge in [0.2, 0.25) is 5.91 Å². The van der Waals surface area contributed by atoms with Gasteiger partial charge in [-0.1, -0.05) is 0 Å². The van der Waals surface area contributed by atoms with Gasteiger partial charge in [-0.25, -0.2) is 0 Å². The second kappa shape index (κ2) is 3.96. The van der Waals surface area contributed by atoms with Crippen LogP contribution in [0.25, 0.3) is 0 Å². The van der Waals surface area contributed by atoms with E-state index in [9.17, 15) is 15.0 Å². The summed E-state index contributed by atoms with van der Waals surface area (Å²) in [7, 11) is 0. The summed E-state index contributed by atoms with van der Waals surface area (Å²) in [5.41, 5.74) is 0. The van der Waals surface area contributed by atoms with E-state index in [0.29, 0.717) is 6.61 Å². The molecule has 2 aliphatic rings. The van der Waals surface area contributed by atoms with E-state index in [0.717, 1.165) is 0 Å². The minimum Gasteiger partial charge on any atom is -0.390 e. The Hall–Kier alpha value is -0.690. The lowest BCUT2D eigenvalue weighted by Crippen LogP contribution is -2.60. The van der Waals surface area contributed by atoms with Crippen molar-refractivity contribution in [3.8, 4) is 0 Å². The van der Waals surface area contributed by atoms with Crippen molar-refractivity contribution < 1.29 is 24.5 Å². The molecule has 2 rings (SSSR count). The number of hydrogen-bond acceptors (Lipinski definition) is 5. The summed E-state index contributed by atoms with van der Waals surface area (Å²) in [6, 6.07) is -0.613. The number of hydrogen-bond donors (Lipinski definition) is 3. The van der Waals surface area contributed by atoms with Crippen molar-refractivity contribution in [1.82, 2.24) is 5.32 Å². The van der Waals surface area contributed by atoms with Gasteiger partial charge in [-0.15, -0.1) is 0 Å². The van der Waals surface area contributed by atoms with Crippen LogP contribution in [-0.2, 0) is 14.3 Å². The first-order valence-electron chi connectivity index (χ1n) is 5.36. The number of piperidine rings is 1. The molecule has 0 aromatic carbocycles. The number of ether oxygens (including phenoxy) is 2. The van der Waals surface area contributed by atoms with Crippen molar-refractivity contribution in [2.75, 3.05) is 6.61 Å². The lowest BCUT2D eigenvalue weighted by Gasteiger charge is -2.35. The fraction of sp³-hybridized carbons (Fsp3) is 0.900. The second-order valence-electron chi connectivity index (χ2n) is 4.72. The highest BCUT2D eigenvalue weighted by Gasteiger charge is 2.45. The molecule has 16 heavy (non-hydrogen) atoms. The first kappa shape index (κ1) is 11.8. The van der Waals surface area contributed by atoms with Crippen LogP contribution in [0.15, 0.2) is 0 Å². The van der Waals surface area contributed by atoms with Crippen LogP contribution < -0.4 is 5.32 Å². The van der Waals surface area contributed by atoms with Crippen molar-refractivity contribution in [2.24, 2.45) is 0 Å². The molecule has 0 aromatic rings. The summed E-state index contributed by atoms with van der Waals surface area (Å²) in [4.78, 5) is 11.3. The fourth-order valence-corrected chi connectivity index (χ4v) is 2.09. The monoisotopic (exact) mass is 231 g/mol. The van der Waals surface area contributed by atoms with Gasteiger partial charge < -0.3 is 25.0 Å². The molecule has 2 fully saturated rings. The Bertz CT molecular complexity index is 293. The summed E-state index contributed by atoms with van der Waals surface area (Å²) >= 11 is 0. The van der Waals surface area contributed by atoms with E-state index in [1.54, 1.807) is 13.8 Å². The molecule has 0 spiro atoms. The highest BCUT2D eigenvalue weighted by Crippen LogP contribution is 2.27. The molecule has 0 saturated carbocycles. The summed E-state index contributed by atoms with van der Waals surface area (Å²) < 4.78 is 10.9. The predicted octanol–water partition coefficient (Wildman–Crippen LogP) is -1.25. The molecule has 4 atom stereocenters. The zero-order valence-corrected chi connectivity index (χ0v) is 9.34. The first-order valence-corrected chi connectivity index (χ1v) is 5.36. The van der Waals surface area contributed by atoms with Crippen molar-refractivity contribution in [3.63, 3.8) is 0 Å². The Labute approximate surface area is 93.5 Å². The Morgan fingerprint density at radius 3 is 2.69 bits per heavy atom. The maximum Gasteiger partial charge on any atom is 0.223 e. The van der Waals surface area contributed by atoms with Crippen LogP contribution in [0.2, 0.25) is 0 Å². The van der Waals surface area contributed by atoms with Gasteiger partial charge >= 0.3 is 0 Å². The molecule has 1 amide bonds. The summed E-state index contributed by atoms with van der Waals surface area (Å²) in [6.45, 7) is 3.82. The van der Waals surface area contributed by atoms with Gasteiger partial charge in [0.25, 0.3) is 0 Å². The Balaban J connectivity index is 2.05. The standard InChI is InChI=1S/C10H17NO5/c1-10(2)15-4-6(16-10)8-9(14)5(12)3-7(13)11-8/h5-6,8-9,12,14H,3-4H2,1-2H3,(H,11,13)/t5-,6-,8+,9+/m1/s1. The molecule has 0 aromatic heterocycles. The molecular weight excluding hydrogens is 214 g/mol. The van der Waals surface area contributed by atoms with Crippen LogP contribution in [0, 0.1) is 0 Å². The van der Waals surface area contributed by atoms with Crippen LogP contribution in [0.5, 0.6) is 0 Å². The lowest BCUT2D eigenvalue weighted by atomic mass is 9.94. The molecule has 0 radical (unpaired) electrons. The maximum atomic E-state index is 11.3. The molecule has 2 heterocycles. The number of aliphatic hydroxyl groups is 2. The average Bonchev–Trinajstić information content (AvgIpc) is 2.52. The molecule has 6 nitrogen and oxygen atoms in total. The topological polar surface area (TPSA) is 88.0 Å². The normalized spacial score (nSPS) is 43.1. The Morgan fingerprint density at radius 1 is 1.44 bits per heavy atom. The lowest BCUT2D eigenvalue weighted by molar-refractivity contribution is -0.158. The fourth-order valence-electron chi connectivity index (χ4n) is 2.09. The van der Waals surface area contributed by atoms with Crippen molar-refractivity contribution in [3.05, 3.63) is 0 Å².